The molecule has 2 nitrogen and oxygen atoms in total. The molecule has 0 radical (unpaired) electrons. The van der Waals surface area contributed by atoms with Gasteiger partial charge in [0.2, 0.25) is 0 Å². The van der Waals surface area contributed by atoms with Gasteiger partial charge in [0.05, 0.1) is 11.6 Å². The molecule has 1 aromatic rings. The molecule has 15 heavy (non-hydrogen) atoms. The van der Waals surface area contributed by atoms with Gasteiger partial charge >= 0.3 is 0 Å². The molecular weight excluding hydrogens is 204 g/mol. The topological polar surface area (TPSA) is 27.0 Å². The number of benzene rings is 1. The lowest BCUT2D eigenvalue weighted by molar-refractivity contribution is 0.530. The molecule has 1 fully saturated rings. The van der Waals surface area contributed by atoms with E-state index in [2.05, 4.69) is 11.0 Å². The first-order valence-electron chi connectivity index (χ1n) is 5.11. The van der Waals surface area contributed by atoms with Crippen molar-refractivity contribution in [3.05, 3.63) is 35.4 Å². The van der Waals surface area contributed by atoms with Crippen molar-refractivity contribution in [1.29, 1.82) is 5.26 Å². The third-order valence-corrected chi connectivity index (χ3v) is 3.15. The lowest BCUT2D eigenvalue weighted by atomic mass is 10.1. The standard InChI is InChI=1S/C12H12N2S/c13-9-10-3-5-11(6-4-10)12(15)14-7-1-2-8-14/h3-6H,1-2,7-8H2. The van der Waals surface area contributed by atoms with E-state index in [0.29, 0.717) is 5.56 Å². The Morgan fingerprint density at radius 1 is 1.20 bits per heavy atom. The Labute approximate surface area is 95.1 Å². The Morgan fingerprint density at radius 2 is 1.80 bits per heavy atom. The van der Waals surface area contributed by atoms with Crippen LogP contribution in [-0.4, -0.2) is 23.0 Å². The maximum Gasteiger partial charge on any atom is 0.109 e. The molecule has 0 saturated carbocycles. The molecule has 76 valence electrons. The summed E-state index contributed by atoms with van der Waals surface area (Å²) in [4.78, 5) is 3.15. The number of hydrogen-bond acceptors (Lipinski definition) is 2. The summed E-state index contributed by atoms with van der Waals surface area (Å²) in [6.45, 7) is 2.14. The van der Waals surface area contributed by atoms with Gasteiger partial charge in [-0.1, -0.05) is 24.4 Å². The van der Waals surface area contributed by atoms with E-state index in [9.17, 15) is 0 Å². The molecule has 0 unspecified atom stereocenters. The van der Waals surface area contributed by atoms with E-state index in [1.807, 2.05) is 24.3 Å². The van der Waals surface area contributed by atoms with Gasteiger partial charge in [-0.25, -0.2) is 0 Å². The maximum absolute atomic E-state index is 8.69. The summed E-state index contributed by atoms with van der Waals surface area (Å²) in [5.74, 6) is 0. The molecule has 0 bridgehead atoms. The number of nitriles is 1. The lowest BCUT2D eigenvalue weighted by Crippen LogP contribution is -2.26. The summed E-state index contributed by atoms with van der Waals surface area (Å²) in [6.07, 6.45) is 2.47. The van der Waals surface area contributed by atoms with Crippen LogP contribution >= 0.6 is 12.2 Å². The van der Waals surface area contributed by atoms with Crippen LogP contribution in [0.1, 0.15) is 24.0 Å². The zero-order valence-electron chi connectivity index (χ0n) is 8.44. The lowest BCUT2D eigenvalue weighted by Gasteiger charge is -2.18. The monoisotopic (exact) mass is 216 g/mol. The quantitative estimate of drug-likeness (QED) is 0.674. The van der Waals surface area contributed by atoms with Gasteiger partial charge in [-0.15, -0.1) is 0 Å². The molecule has 2 rings (SSSR count). The van der Waals surface area contributed by atoms with Crippen molar-refractivity contribution in [2.45, 2.75) is 12.8 Å². The SMILES string of the molecule is N#Cc1ccc(C(=S)N2CCCC2)cc1. The highest BCUT2D eigenvalue weighted by Gasteiger charge is 2.15. The van der Waals surface area contributed by atoms with Crippen molar-refractivity contribution in [2.75, 3.05) is 13.1 Å². The van der Waals surface area contributed by atoms with Gasteiger partial charge in [0.1, 0.15) is 4.99 Å². The van der Waals surface area contributed by atoms with E-state index in [4.69, 9.17) is 17.5 Å². The normalized spacial score (nSPS) is 15.0. The van der Waals surface area contributed by atoms with Gasteiger partial charge in [0, 0.05) is 18.7 Å². The van der Waals surface area contributed by atoms with Gasteiger partial charge in [-0.05, 0) is 25.0 Å². The molecule has 1 aliphatic heterocycles. The second-order valence-electron chi connectivity index (χ2n) is 3.69. The second-order valence-corrected chi connectivity index (χ2v) is 4.08. The number of hydrogen-bond donors (Lipinski definition) is 0. The molecule has 0 amide bonds. The van der Waals surface area contributed by atoms with Crippen molar-refractivity contribution in [3.63, 3.8) is 0 Å². The van der Waals surface area contributed by atoms with Crippen LogP contribution in [0.4, 0.5) is 0 Å². The highest BCUT2D eigenvalue weighted by Crippen LogP contribution is 2.14. The van der Waals surface area contributed by atoms with Gasteiger partial charge in [0.15, 0.2) is 0 Å². The fraction of sp³-hybridized carbons (Fsp3) is 0.333. The molecule has 3 heteroatoms. The van der Waals surface area contributed by atoms with Gasteiger partial charge < -0.3 is 4.90 Å². The van der Waals surface area contributed by atoms with Crippen molar-refractivity contribution in [1.82, 2.24) is 4.90 Å². The summed E-state index contributed by atoms with van der Waals surface area (Å²) >= 11 is 5.40. The maximum atomic E-state index is 8.69. The predicted octanol–water partition coefficient (Wildman–Crippen LogP) is 2.33. The van der Waals surface area contributed by atoms with Crippen LogP contribution in [-0.2, 0) is 0 Å². The van der Waals surface area contributed by atoms with Crippen molar-refractivity contribution >= 4 is 17.2 Å². The summed E-state index contributed by atoms with van der Waals surface area (Å²) in [7, 11) is 0. The van der Waals surface area contributed by atoms with E-state index in [1.54, 1.807) is 0 Å². The number of rotatable bonds is 1. The number of nitrogens with zero attached hydrogens (tertiary/aromatic N) is 2. The smallest absolute Gasteiger partial charge is 0.109 e. The number of likely N-dealkylation sites (tertiary alicyclic amines) is 1. The van der Waals surface area contributed by atoms with Crippen molar-refractivity contribution < 1.29 is 0 Å². The Kier molecular flexibility index (Phi) is 2.98. The first kappa shape index (κ1) is 10.1. The van der Waals surface area contributed by atoms with E-state index >= 15 is 0 Å². The Morgan fingerprint density at radius 3 is 2.33 bits per heavy atom. The molecule has 1 saturated heterocycles. The highest BCUT2D eigenvalue weighted by atomic mass is 32.1. The Bertz CT molecular complexity index is 397. The third-order valence-electron chi connectivity index (χ3n) is 2.65. The summed E-state index contributed by atoms with van der Waals surface area (Å²) in [5.41, 5.74) is 1.73. The fourth-order valence-electron chi connectivity index (χ4n) is 1.79. The highest BCUT2D eigenvalue weighted by molar-refractivity contribution is 7.80. The molecular formula is C12H12N2S. The minimum atomic E-state index is 0.683. The minimum absolute atomic E-state index is 0.683. The van der Waals surface area contributed by atoms with E-state index in [-0.39, 0.29) is 0 Å². The van der Waals surface area contributed by atoms with Crippen molar-refractivity contribution in [2.24, 2.45) is 0 Å². The van der Waals surface area contributed by atoms with Gasteiger partial charge in [-0.2, -0.15) is 5.26 Å². The summed E-state index contributed by atoms with van der Waals surface area (Å²) in [5, 5.41) is 8.69. The van der Waals surface area contributed by atoms with Crippen LogP contribution in [0, 0.1) is 11.3 Å². The largest absolute Gasteiger partial charge is 0.362 e. The average molecular weight is 216 g/mol. The molecule has 0 N–H and O–H groups in total. The van der Waals surface area contributed by atoms with E-state index in [0.717, 1.165) is 23.6 Å². The second kappa shape index (κ2) is 4.41. The first-order chi connectivity index (χ1) is 7.31. The number of thiocarbonyl (C=S) groups is 1. The van der Waals surface area contributed by atoms with Gasteiger partial charge in [0.25, 0.3) is 0 Å². The summed E-state index contributed by atoms with van der Waals surface area (Å²) in [6, 6.07) is 9.60. The van der Waals surface area contributed by atoms with Crippen LogP contribution < -0.4 is 0 Å². The minimum Gasteiger partial charge on any atom is -0.362 e. The Balaban J connectivity index is 2.15. The molecule has 1 aliphatic rings. The molecule has 1 aromatic carbocycles. The van der Waals surface area contributed by atoms with Crippen LogP contribution in [0.5, 0.6) is 0 Å². The Hall–Kier alpha value is -1.40. The first-order valence-corrected chi connectivity index (χ1v) is 5.51. The predicted molar refractivity (Wildman–Crippen MR) is 63.7 cm³/mol. The van der Waals surface area contributed by atoms with E-state index < -0.39 is 0 Å². The molecule has 0 aromatic heterocycles. The van der Waals surface area contributed by atoms with Crippen LogP contribution in [0.3, 0.4) is 0 Å². The van der Waals surface area contributed by atoms with E-state index in [1.165, 1.54) is 12.8 Å². The molecule has 0 atom stereocenters. The van der Waals surface area contributed by atoms with Crippen LogP contribution in [0.25, 0.3) is 0 Å². The fourth-order valence-corrected chi connectivity index (χ4v) is 2.11. The third kappa shape index (κ3) is 2.16. The zero-order valence-corrected chi connectivity index (χ0v) is 9.26. The molecule has 1 heterocycles. The van der Waals surface area contributed by atoms with Crippen LogP contribution in [0.15, 0.2) is 24.3 Å². The molecule has 0 aliphatic carbocycles. The van der Waals surface area contributed by atoms with Gasteiger partial charge in [-0.3, -0.25) is 0 Å². The summed E-state index contributed by atoms with van der Waals surface area (Å²) < 4.78 is 0. The van der Waals surface area contributed by atoms with Crippen molar-refractivity contribution in [3.8, 4) is 6.07 Å². The molecule has 0 spiro atoms. The van der Waals surface area contributed by atoms with Crippen LogP contribution in [0.2, 0.25) is 0 Å². The average Bonchev–Trinajstić information content (AvgIpc) is 2.82. The zero-order chi connectivity index (χ0) is 10.7.